The summed E-state index contributed by atoms with van der Waals surface area (Å²) in [6.07, 6.45) is 0. The Hall–Kier alpha value is -0.930. The number of benzene rings is 2. The molecule has 21 heavy (non-hydrogen) atoms. The van der Waals surface area contributed by atoms with Crippen LogP contribution in [0.4, 0.5) is 5.69 Å². The van der Waals surface area contributed by atoms with Crippen LogP contribution in [0.1, 0.15) is 20.7 Å². The van der Waals surface area contributed by atoms with Crippen molar-refractivity contribution in [3.05, 3.63) is 60.0 Å². The summed E-state index contributed by atoms with van der Waals surface area (Å²) >= 11 is 8.83. The summed E-state index contributed by atoms with van der Waals surface area (Å²) in [5.41, 5.74) is 1.24. The number of halogens is 3. The molecule has 0 atom stereocenters. The van der Waals surface area contributed by atoms with Crippen molar-refractivity contribution >= 4 is 72.0 Å². The highest BCUT2D eigenvalue weighted by molar-refractivity contribution is 14.1. The Morgan fingerprint density at radius 1 is 1.10 bits per heavy atom. The monoisotopic (exact) mass is 523 g/mol. The van der Waals surface area contributed by atoms with Gasteiger partial charge in [0.1, 0.15) is 0 Å². The van der Waals surface area contributed by atoms with Crippen LogP contribution in [-0.4, -0.2) is 17.0 Å². The van der Waals surface area contributed by atoms with Gasteiger partial charge in [-0.2, -0.15) is 0 Å². The van der Waals surface area contributed by atoms with Gasteiger partial charge in [0.05, 0.1) is 11.1 Å². The van der Waals surface area contributed by atoms with Crippen LogP contribution in [0.15, 0.2) is 45.3 Å². The minimum Gasteiger partial charge on any atom is -0.478 e. The molecule has 4 nitrogen and oxygen atoms in total. The van der Waals surface area contributed by atoms with E-state index in [1.165, 1.54) is 12.1 Å². The van der Waals surface area contributed by atoms with Crippen molar-refractivity contribution in [2.75, 3.05) is 5.32 Å². The van der Waals surface area contributed by atoms with Crippen LogP contribution in [-0.2, 0) is 0 Å². The van der Waals surface area contributed by atoms with Crippen LogP contribution in [0.25, 0.3) is 0 Å². The van der Waals surface area contributed by atoms with E-state index in [0.717, 1.165) is 12.5 Å². The standard InChI is InChI=1S/C14H8Br2INO3/c15-8-5-10(12(17)11(16)6-8)13(19)18-9-3-1-7(2-4-9)14(20)21/h1-6H,(H,18,19)(H,20,21). The molecule has 0 saturated carbocycles. The number of rotatable bonds is 3. The van der Waals surface area contributed by atoms with Gasteiger partial charge in [-0.25, -0.2) is 4.79 Å². The molecular weight excluding hydrogens is 517 g/mol. The number of carbonyl (C=O) groups excluding carboxylic acids is 1. The lowest BCUT2D eigenvalue weighted by molar-refractivity contribution is 0.0696. The second-order valence-corrected chi connectivity index (χ2v) is 6.93. The number of aromatic carboxylic acids is 1. The van der Waals surface area contributed by atoms with Crippen molar-refractivity contribution in [2.24, 2.45) is 0 Å². The van der Waals surface area contributed by atoms with Crippen LogP contribution in [0.5, 0.6) is 0 Å². The van der Waals surface area contributed by atoms with Crippen molar-refractivity contribution in [3.8, 4) is 0 Å². The summed E-state index contributed by atoms with van der Waals surface area (Å²) in [4.78, 5) is 23.1. The van der Waals surface area contributed by atoms with E-state index in [1.807, 2.05) is 6.07 Å². The van der Waals surface area contributed by atoms with Gasteiger partial charge in [0.25, 0.3) is 5.91 Å². The molecule has 0 bridgehead atoms. The van der Waals surface area contributed by atoms with Crippen molar-refractivity contribution in [1.29, 1.82) is 0 Å². The van der Waals surface area contributed by atoms with Gasteiger partial charge < -0.3 is 10.4 Å². The maximum Gasteiger partial charge on any atom is 0.335 e. The van der Waals surface area contributed by atoms with E-state index < -0.39 is 5.97 Å². The zero-order chi connectivity index (χ0) is 15.6. The van der Waals surface area contributed by atoms with E-state index in [0.29, 0.717) is 11.3 Å². The minimum absolute atomic E-state index is 0.174. The third kappa shape index (κ3) is 4.04. The molecule has 2 N–H and O–H groups in total. The number of anilines is 1. The number of carbonyl (C=O) groups is 2. The van der Waals surface area contributed by atoms with E-state index in [1.54, 1.807) is 18.2 Å². The summed E-state index contributed by atoms with van der Waals surface area (Å²) in [6, 6.07) is 9.59. The molecule has 0 aromatic heterocycles. The Morgan fingerprint density at radius 3 is 2.29 bits per heavy atom. The predicted octanol–water partition coefficient (Wildman–Crippen LogP) is 4.77. The number of carboxylic acid groups (broad SMARTS) is 1. The quantitative estimate of drug-likeness (QED) is 0.449. The predicted molar refractivity (Wildman–Crippen MR) is 95.9 cm³/mol. The van der Waals surface area contributed by atoms with E-state index in [-0.39, 0.29) is 11.5 Å². The molecule has 2 aromatic rings. The molecule has 0 saturated heterocycles. The Bertz CT molecular complexity index is 717. The number of amides is 1. The zero-order valence-corrected chi connectivity index (χ0v) is 15.7. The first-order valence-corrected chi connectivity index (χ1v) is 8.34. The highest BCUT2D eigenvalue weighted by atomic mass is 127. The van der Waals surface area contributed by atoms with Crippen molar-refractivity contribution in [2.45, 2.75) is 0 Å². The Morgan fingerprint density at radius 2 is 1.71 bits per heavy atom. The summed E-state index contributed by atoms with van der Waals surface area (Å²) in [7, 11) is 0. The van der Waals surface area contributed by atoms with Gasteiger partial charge in [0, 0.05) is 18.2 Å². The third-order valence-corrected chi connectivity index (χ3v) is 5.61. The average molecular weight is 525 g/mol. The fraction of sp³-hybridized carbons (Fsp3) is 0. The first-order valence-electron chi connectivity index (χ1n) is 5.67. The van der Waals surface area contributed by atoms with Crippen LogP contribution in [0.2, 0.25) is 0 Å². The lowest BCUT2D eigenvalue weighted by atomic mass is 10.2. The first-order chi connectivity index (χ1) is 9.88. The van der Waals surface area contributed by atoms with Gasteiger partial charge in [-0.1, -0.05) is 15.9 Å². The number of carboxylic acids is 1. The molecule has 0 fully saturated rings. The Balaban J connectivity index is 2.24. The molecule has 0 spiro atoms. The topological polar surface area (TPSA) is 66.4 Å². The molecule has 1 amide bonds. The molecular formula is C14H8Br2INO3. The maximum absolute atomic E-state index is 12.3. The minimum atomic E-state index is -1.00. The normalized spacial score (nSPS) is 10.2. The maximum atomic E-state index is 12.3. The molecule has 108 valence electrons. The lowest BCUT2D eigenvalue weighted by Crippen LogP contribution is -2.14. The average Bonchev–Trinajstić information content (AvgIpc) is 2.43. The summed E-state index contributed by atoms with van der Waals surface area (Å²) < 4.78 is 2.42. The smallest absolute Gasteiger partial charge is 0.335 e. The van der Waals surface area contributed by atoms with E-state index in [2.05, 4.69) is 59.8 Å². The molecule has 7 heteroatoms. The Labute approximate surface area is 151 Å². The zero-order valence-electron chi connectivity index (χ0n) is 10.4. The molecule has 2 rings (SSSR count). The summed E-state index contributed by atoms with van der Waals surface area (Å²) in [5.74, 6) is -1.26. The summed E-state index contributed by atoms with van der Waals surface area (Å²) in [5, 5.41) is 11.6. The van der Waals surface area contributed by atoms with Crippen molar-refractivity contribution in [1.82, 2.24) is 0 Å². The van der Waals surface area contributed by atoms with Crippen molar-refractivity contribution in [3.63, 3.8) is 0 Å². The molecule has 0 aliphatic rings. The molecule has 2 aromatic carbocycles. The second kappa shape index (κ2) is 6.89. The van der Waals surface area contributed by atoms with Crippen molar-refractivity contribution < 1.29 is 14.7 Å². The molecule has 0 aliphatic heterocycles. The first kappa shape index (κ1) is 16.4. The summed E-state index contributed by atoms with van der Waals surface area (Å²) in [6.45, 7) is 0. The molecule has 0 unspecified atom stereocenters. The number of nitrogens with one attached hydrogen (secondary N) is 1. The third-order valence-electron chi connectivity index (χ3n) is 2.63. The van der Waals surface area contributed by atoms with Gasteiger partial charge in [-0.05, 0) is 74.9 Å². The van der Waals surface area contributed by atoms with Crippen LogP contribution >= 0.6 is 54.5 Å². The molecule has 0 heterocycles. The van der Waals surface area contributed by atoms with E-state index in [4.69, 9.17) is 5.11 Å². The molecule has 0 aliphatic carbocycles. The fourth-order valence-corrected chi connectivity index (χ4v) is 3.40. The van der Waals surface area contributed by atoms with Gasteiger partial charge in [-0.15, -0.1) is 0 Å². The van der Waals surface area contributed by atoms with E-state index in [9.17, 15) is 9.59 Å². The van der Waals surface area contributed by atoms with Crippen LogP contribution in [0.3, 0.4) is 0 Å². The lowest BCUT2D eigenvalue weighted by Gasteiger charge is -2.09. The van der Waals surface area contributed by atoms with E-state index >= 15 is 0 Å². The Kier molecular flexibility index (Phi) is 5.39. The van der Waals surface area contributed by atoms with Crippen LogP contribution < -0.4 is 5.32 Å². The highest BCUT2D eigenvalue weighted by Gasteiger charge is 2.14. The number of hydrogen-bond donors (Lipinski definition) is 2. The number of hydrogen-bond acceptors (Lipinski definition) is 2. The molecule has 0 radical (unpaired) electrons. The SMILES string of the molecule is O=C(O)c1ccc(NC(=O)c2cc(Br)cc(Br)c2I)cc1. The van der Waals surface area contributed by atoms with Crippen LogP contribution in [0, 0.1) is 3.57 Å². The van der Waals surface area contributed by atoms with Gasteiger partial charge in [-0.3, -0.25) is 4.79 Å². The second-order valence-electron chi connectivity index (χ2n) is 4.09. The van der Waals surface area contributed by atoms with Gasteiger partial charge >= 0.3 is 5.97 Å². The fourth-order valence-electron chi connectivity index (χ4n) is 1.62. The largest absolute Gasteiger partial charge is 0.478 e. The van der Waals surface area contributed by atoms with Gasteiger partial charge in [0.2, 0.25) is 0 Å². The van der Waals surface area contributed by atoms with Gasteiger partial charge in [0.15, 0.2) is 0 Å². The highest BCUT2D eigenvalue weighted by Crippen LogP contribution is 2.28.